The number of nitrogens with zero attached hydrogens (tertiary/aromatic N) is 1. The van der Waals surface area contributed by atoms with Crippen LogP contribution in [0.15, 0.2) is 54.6 Å². The molecule has 0 bridgehead atoms. The number of nitrogens with two attached hydrogens (primary N) is 1. The van der Waals surface area contributed by atoms with E-state index in [9.17, 15) is 0 Å². The van der Waals surface area contributed by atoms with Crippen molar-refractivity contribution in [3.8, 4) is 0 Å². The predicted octanol–water partition coefficient (Wildman–Crippen LogP) is 5.45. The van der Waals surface area contributed by atoms with Gasteiger partial charge in [0.15, 0.2) is 0 Å². The Bertz CT molecular complexity index is 682. The average Bonchev–Trinajstić information content (AvgIpc) is 3.09. The predicted molar refractivity (Wildman–Crippen MR) is 117 cm³/mol. The molecule has 0 fully saturated rings. The number of benzene rings is 2. The first kappa shape index (κ1) is 19.9. The molecule has 0 heterocycles. The van der Waals surface area contributed by atoms with Crippen LogP contribution in [0.25, 0.3) is 0 Å². The number of para-hydroxylation sites is 1. The molecule has 2 aromatic rings. The molecular weight excluding hydrogens is 328 g/mol. The van der Waals surface area contributed by atoms with Crippen molar-refractivity contribution in [1.29, 1.82) is 0 Å². The van der Waals surface area contributed by atoms with Crippen LogP contribution in [0.1, 0.15) is 51.2 Å². The van der Waals surface area contributed by atoms with Crippen LogP contribution >= 0.6 is 0 Å². The third-order valence-electron chi connectivity index (χ3n) is 6.56. The van der Waals surface area contributed by atoms with E-state index in [-0.39, 0.29) is 0 Å². The SMILES string of the molecule is CCCC(C)(C)C(CN)CCN(c1ccccc1)C1Cc2ccccc2C1. The highest BCUT2D eigenvalue weighted by molar-refractivity contribution is 5.49. The number of rotatable bonds is 9. The standard InChI is InChI=1S/C25H36N2/c1-4-15-25(2,3)22(19-26)14-16-27(23-12-6-5-7-13-23)24-17-20-10-8-9-11-21(20)18-24/h5-13,22,24H,4,14-19,26H2,1-3H3. The van der Waals surface area contributed by atoms with Gasteiger partial charge in [-0.3, -0.25) is 0 Å². The molecule has 2 aromatic carbocycles. The van der Waals surface area contributed by atoms with Crippen LogP contribution in [-0.4, -0.2) is 19.1 Å². The molecule has 0 spiro atoms. The number of fused-ring (bicyclic) bond motifs is 1. The minimum atomic E-state index is 0.310. The van der Waals surface area contributed by atoms with Gasteiger partial charge in [-0.05, 0) is 66.8 Å². The molecule has 2 heteroatoms. The average molecular weight is 365 g/mol. The fourth-order valence-corrected chi connectivity index (χ4v) is 4.87. The van der Waals surface area contributed by atoms with Crippen LogP contribution in [0.2, 0.25) is 0 Å². The van der Waals surface area contributed by atoms with Crippen LogP contribution in [0, 0.1) is 11.3 Å². The van der Waals surface area contributed by atoms with Crippen molar-refractivity contribution in [2.24, 2.45) is 17.1 Å². The first-order valence-electron chi connectivity index (χ1n) is 10.6. The molecule has 0 saturated heterocycles. The van der Waals surface area contributed by atoms with Crippen LogP contribution in [0.5, 0.6) is 0 Å². The summed E-state index contributed by atoms with van der Waals surface area (Å²) in [6.07, 6.45) is 5.93. The zero-order valence-corrected chi connectivity index (χ0v) is 17.3. The highest BCUT2D eigenvalue weighted by atomic mass is 15.2. The molecule has 2 N–H and O–H groups in total. The summed E-state index contributed by atoms with van der Waals surface area (Å²) in [6, 6.07) is 20.4. The van der Waals surface area contributed by atoms with E-state index < -0.39 is 0 Å². The molecule has 2 nitrogen and oxygen atoms in total. The molecule has 0 radical (unpaired) electrons. The largest absolute Gasteiger partial charge is 0.368 e. The second-order valence-corrected chi connectivity index (χ2v) is 8.82. The quantitative estimate of drug-likeness (QED) is 0.641. The van der Waals surface area contributed by atoms with Crippen molar-refractivity contribution in [3.63, 3.8) is 0 Å². The minimum Gasteiger partial charge on any atom is -0.368 e. The Hall–Kier alpha value is -1.80. The lowest BCUT2D eigenvalue weighted by atomic mass is 9.74. The van der Waals surface area contributed by atoms with Gasteiger partial charge in [0.2, 0.25) is 0 Å². The van der Waals surface area contributed by atoms with Gasteiger partial charge in [-0.2, -0.15) is 0 Å². The van der Waals surface area contributed by atoms with Crippen molar-refractivity contribution in [2.75, 3.05) is 18.0 Å². The number of anilines is 1. The Morgan fingerprint density at radius 3 is 2.15 bits per heavy atom. The van der Waals surface area contributed by atoms with E-state index in [0.717, 1.165) is 32.4 Å². The summed E-state index contributed by atoms with van der Waals surface area (Å²) >= 11 is 0. The molecule has 146 valence electrons. The Labute approximate surface area is 165 Å². The highest BCUT2D eigenvalue weighted by Crippen LogP contribution is 2.35. The fraction of sp³-hybridized carbons (Fsp3) is 0.520. The smallest absolute Gasteiger partial charge is 0.0370 e. The summed E-state index contributed by atoms with van der Waals surface area (Å²) in [6.45, 7) is 8.93. The summed E-state index contributed by atoms with van der Waals surface area (Å²) in [7, 11) is 0. The van der Waals surface area contributed by atoms with Crippen LogP contribution in [0.3, 0.4) is 0 Å². The van der Waals surface area contributed by atoms with E-state index in [4.69, 9.17) is 5.73 Å². The van der Waals surface area contributed by atoms with E-state index in [1.807, 2.05) is 0 Å². The topological polar surface area (TPSA) is 29.3 Å². The fourth-order valence-electron chi connectivity index (χ4n) is 4.87. The lowest BCUT2D eigenvalue weighted by Gasteiger charge is -2.37. The monoisotopic (exact) mass is 364 g/mol. The Morgan fingerprint density at radius 1 is 1.00 bits per heavy atom. The zero-order chi connectivity index (χ0) is 19.3. The molecular formula is C25H36N2. The zero-order valence-electron chi connectivity index (χ0n) is 17.3. The normalized spacial score (nSPS) is 15.6. The van der Waals surface area contributed by atoms with Crippen LogP contribution in [0.4, 0.5) is 5.69 Å². The maximum Gasteiger partial charge on any atom is 0.0370 e. The number of hydrogen-bond acceptors (Lipinski definition) is 2. The third-order valence-corrected chi connectivity index (χ3v) is 6.56. The van der Waals surface area contributed by atoms with Gasteiger partial charge in [0, 0.05) is 18.3 Å². The van der Waals surface area contributed by atoms with Gasteiger partial charge in [-0.15, -0.1) is 0 Å². The number of hydrogen-bond donors (Lipinski definition) is 1. The van der Waals surface area contributed by atoms with E-state index in [2.05, 4.69) is 80.3 Å². The summed E-state index contributed by atoms with van der Waals surface area (Å²) < 4.78 is 0. The first-order valence-corrected chi connectivity index (χ1v) is 10.6. The summed E-state index contributed by atoms with van der Waals surface area (Å²) in [5.41, 5.74) is 10.9. The lowest BCUT2D eigenvalue weighted by molar-refractivity contribution is 0.188. The molecule has 0 amide bonds. The van der Waals surface area contributed by atoms with Crippen molar-refractivity contribution in [2.45, 2.75) is 58.9 Å². The Balaban J connectivity index is 1.76. The van der Waals surface area contributed by atoms with Gasteiger partial charge in [-0.1, -0.05) is 69.7 Å². The molecule has 0 aliphatic heterocycles. The molecule has 1 aliphatic rings. The molecule has 3 rings (SSSR count). The van der Waals surface area contributed by atoms with Crippen LogP contribution in [-0.2, 0) is 12.8 Å². The van der Waals surface area contributed by atoms with Gasteiger partial charge in [0.1, 0.15) is 0 Å². The van der Waals surface area contributed by atoms with Gasteiger partial charge >= 0.3 is 0 Å². The van der Waals surface area contributed by atoms with Gasteiger partial charge in [0.05, 0.1) is 0 Å². The summed E-state index contributed by atoms with van der Waals surface area (Å²) in [4.78, 5) is 2.64. The van der Waals surface area contributed by atoms with Crippen molar-refractivity contribution < 1.29 is 0 Å². The molecule has 27 heavy (non-hydrogen) atoms. The van der Waals surface area contributed by atoms with E-state index >= 15 is 0 Å². The van der Waals surface area contributed by atoms with Crippen LogP contribution < -0.4 is 10.6 Å². The summed E-state index contributed by atoms with van der Waals surface area (Å²) in [5.74, 6) is 0.562. The van der Waals surface area contributed by atoms with Crippen molar-refractivity contribution >= 4 is 5.69 Å². The second kappa shape index (κ2) is 8.93. The molecule has 1 atom stereocenters. The van der Waals surface area contributed by atoms with Gasteiger partial charge in [0.25, 0.3) is 0 Å². The second-order valence-electron chi connectivity index (χ2n) is 8.82. The minimum absolute atomic E-state index is 0.310. The van der Waals surface area contributed by atoms with Gasteiger partial charge < -0.3 is 10.6 Å². The maximum absolute atomic E-state index is 6.22. The maximum atomic E-state index is 6.22. The molecule has 1 unspecified atom stereocenters. The lowest BCUT2D eigenvalue weighted by Crippen LogP contribution is -2.40. The molecule has 1 aliphatic carbocycles. The molecule has 0 aromatic heterocycles. The van der Waals surface area contributed by atoms with E-state index in [1.54, 1.807) is 0 Å². The first-order chi connectivity index (χ1) is 13.0. The summed E-state index contributed by atoms with van der Waals surface area (Å²) in [5, 5.41) is 0. The van der Waals surface area contributed by atoms with E-state index in [0.29, 0.717) is 17.4 Å². The Morgan fingerprint density at radius 2 is 1.59 bits per heavy atom. The van der Waals surface area contributed by atoms with Crippen molar-refractivity contribution in [3.05, 3.63) is 65.7 Å². The highest BCUT2D eigenvalue weighted by Gasteiger charge is 2.31. The Kier molecular flexibility index (Phi) is 6.59. The third kappa shape index (κ3) is 4.73. The van der Waals surface area contributed by atoms with Gasteiger partial charge in [-0.25, -0.2) is 0 Å². The van der Waals surface area contributed by atoms with E-state index in [1.165, 1.54) is 29.7 Å². The van der Waals surface area contributed by atoms with Crippen molar-refractivity contribution in [1.82, 2.24) is 0 Å². The molecule has 0 saturated carbocycles.